The van der Waals surface area contributed by atoms with Gasteiger partial charge in [0.2, 0.25) is 5.91 Å². The largest absolute Gasteiger partial charge is 0.488 e. The highest BCUT2D eigenvalue weighted by molar-refractivity contribution is 6.07. The molecule has 8 rings (SSSR count). The number of rotatable bonds is 6. The third-order valence-electron chi connectivity index (χ3n) is 11.1. The molecule has 2 fully saturated rings. The van der Waals surface area contributed by atoms with Crippen molar-refractivity contribution in [2.24, 2.45) is 5.92 Å². The van der Waals surface area contributed by atoms with Gasteiger partial charge < -0.3 is 34.4 Å². The molecule has 3 aromatic carbocycles. The van der Waals surface area contributed by atoms with E-state index >= 15 is 0 Å². The van der Waals surface area contributed by atoms with Gasteiger partial charge in [-0.3, -0.25) is 9.69 Å². The molecule has 288 valence electrons. The number of hydrogen-bond acceptors (Lipinski definition) is 8. The van der Waals surface area contributed by atoms with Crippen molar-refractivity contribution in [3.63, 3.8) is 0 Å². The summed E-state index contributed by atoms with van der Waals surface area (Å²) in [5.41, 5.74) is 6.20. The van der Waals surface area contributed by atoms with Crippen LogP contribution in [0.3, 0.4) is 0 Å². The predicted octanol–water partition coefficient (Wildman–Crippen LogP) is 8.17. The maximum Gasteiger partial charge on any atom is 0.410 e. The topological polar surface area (TPSA) is 155 Å². The van der Waals surface area contributed by atoms with Crippen LogP contribution in [0.4, 0.5) is 9.59 Å². The van der Waals surface area contributed by atoms with Gasteiger partial charge in [0.25, 0.3) is 0 Å². The summed E-state index contributed by atoms with van der Waals surface area (Å²) >= 11 is 0. The molecule has 2 saturated heterocycles. The third-order valence-corrected chi connectivity index (χ3v) is 11.1. The van der Waals surface area contributed by atoms with E-state index in [-0.39, 0.29) is 36.0 Å². The highest BCUT2D eigenvalue weighted by Gasteiger charge is 2.41. The van der Waals surface area contributed by atoms with Crippen LogP contribution in [0.5, 0.6) is 5.75 Å². The number of aromatic amines is 2. The maximum atomic E-state index is 13.8. The quantitative estimate of drug-likeness (QED) is 0.157. The van der Waals surface area contributed by atoms with Crippen LogP contribution in [0.15, 0.2) is 48.7 Å². The van der Waals surface area contributed by atoms with Crippen molar-refractivity contribution in [3.05, 3.63) is 65.9 Å². The molecule has 5 heterocycles. The number of imidazole rings is 2. The molecule has 0 aliphatic carbocycles. The van der Waals surface area contributed by atoms with E-state index in [1.165, 1.54) is 7.11 Å². The van der Waals surface area contributed by atoms with Gasteiger partial charge in [-0.2, -0.15) is 0 Å². The number of benzene rings is 3. The van der Waals surface area contributed by atoms with Gasteiger partial charge in [0.1, 0.15) is 35.6 Å². The van der Waals surface area contributed by atoms with E-state index in [2.05, 4.69) is 57.7 Å². The third kappa shape index (κ3) is 6.74. The zero-order valence-corrected chi connectivity index (χ0v) is 32.5. The lowest BCUT2D eigenvalue weighted by Crippen LogP contribution is -2.52. The lowest BCUT2D eigenvalue weighted by molar-refractivity contribution is -0.137. The van der Waals surface area contributed by atoms with Crippen molar-refractivity contribution >= 4 is 39.9 Å². The Hall–Kier alpha value is -5.59. The van der Waals surface area contributed by atoms with Gasteiger partial charge in [0.05, 0.1) is 42.1 Å². The number of carbonyl (C=O) groups is 3. The van der Waals surface area contributed by atoms with Gasteiger partial charge in [-0.1, -0.05) is 32.0 Å². The van der Waals surface area contributed by atoms with Crippen LogP contribution in [0.1, 0.15) is 96.5 Å². The number of amides is 3. The Balaban J connectivity index is 1.05. The second-order valence-corrected chi connectivity index (χ2v) is 16.4. The van der Waals surface area contributed by atoms with Crippen molar-refractivity contribution in [1.29, 1.82) is 0 Å². The Kier molecular flexibility index (Phi) is 9.21. The number of nitrogens with zero attached hydrogens (tertiary/aromatic N) is 4. The molecule has 3 amide bonds. The standard InChI is InChI=1S/C42H49N7O6/c1-22(2)35(47-40(51)53-7)39(50)49-23(3)10-15-33(49)37-43-20-31(45-37)25-11-13-27-26(17-25)21-54-34-19-28-24(18-29(27)34)12-14-30-36(28)46-38(44-30)32-9-8-16-48(32)41(52)55-42(4,5)6/h11-14,17-20,22-23,32-33,35H,8-10,15-16,21H2,1-7H3,(H,43,45)(H,44,46)(H,47,51). The Morgan fingerprint density at radius 2 is 1.80 bits per heavy atom. The summed E-state index contributed by atoms with van der Waals surface area (Å²) in [4.78, 5) is 59.4. The number of alkyl carbamates (subject to hydrolysis) is 1. The Morgan fingerprint density at radius 1 is 0.982 bits per heavy atom. The predicted molar refractivity (Wildman–Crippen MR) is 208 cm³/mol. The van der Waals surface area contributed by atoms with Gasteiger partial charge in [0.15, 0.2) is 0 Å². The van der Waals surface area contributed by atoms with Crippen LogP contribution in [-0.4, -0.2) is 79.2 Å². The van der Waals surface area contributed by atoms with Crippen LogP contribution >= 0.6 is 0 Å². The van der Waals surface area contributed by atoms with Crippen LogP contribution in [0, 0.1) is 5.92 Å². The van der Waals surface area contributed by atoms with Crippen molar-refractivity contribution in [1.82, 2.24) is 35.1 Å². The molecular formula is C42H49N7O6. The minimum Gasteiger partial charge on any atom is -0.488 e. The number of methoxy groups -OCH3 is 1. The van der Waals surface area contributed by atoms with Crippen LogP contribution in [0.2, 0.25) is 0 Å². The molecule has 13 nitrogen and oxygen atoms in total. The van der Waals surface area contributed by atoms with Gasteiger partial charge in [-0.05, 0) is 106 Å². The van der Waals surface area contributed by atoms with E-state index in [0.29, 0.717) is 13.2 Å². The molecular weight excluding hydrogens is 699 g/mol. The zero-order chi connectivity index (χ0) is 38.8. The fourth-order valence-electron chi connectivity index (χ4n) is 8.36. The van der Waals surface area contributed by atoms with E-state index in [9.17, 15) is 14.4 Å². The average molecular weight is 748 g/mol. The molecule has 55 heavy (non-hydrogen) atoms. The Morgan fingerprint density at radius 3 is 2.56 bits per heavy atom. The van der Waals surface area contributed by atoms with Crippen molar-refractivity contribution in [2.45, 2.75) is 104 Å². The summed E-state index contributed by atoms with van der Waals surface area (Å²) in [6.45, 7) is 12.5. The first-order chi connectivity index (χ1) is 26.3. The Labute approximate surface area is 320 Å². The number of ether oxygens (including phenoxy) is 3. The molecule has 3 N–H and O–H groups in total. The number of H-pyrrole nitrogens is 2. The van der Waals surface area contributed by atoms with E-state index in [1.807, 2.05) is 52.6 Å². The maximum absolute atomic E-state index is 13.8. The summed E-state index contributed by atoms with van der Waals surface area (Å²) in [6.07, 6.45) is 4.19. The number of hydrogen-bond donors (Lipinski definition) is 3. The first-order valence-electron chi connectivity index (χ1n) is 19.2. The minimum absolute atomic E-state index is 0.00298. The van der Waals surface area contributed by atoms with Gasteiger partial charge in [-0.25, -0.2) is 19.6 Å². The lowest BCUT2D eigenvalue weighted by atomic mass is 9.92. The molecule has 3 aliphatic heterocycles. The fourth-order valence-corrected chi connectivity index (χ4v) is 8.36. The molecule has 4 atom stereocenters. The van der Waals surface area contributed by atoms with Gasteiger partial charge >= 0.3 is 12.2 Å². The highest BCUT2D eigenvalue weighted by atomic mass is 16.6. The minimum atomic E-state index is -0.706. The summed E-state index contributed by atoms with van der Waals surface area (Å²) in [7, 11) is 1.30. The van der Waals surface area contributed by atoms with Gasteiger partial charge in [-0.15, -0.1) is 0 Å². The van der Waals surface area contributed by atoms with Crippen LogP contribution in [0.25, 0.3) is 44.2 Å². The molecule has 0 spiro atoms. The molecule has 3 aliphatic rings. The average Bonchev–Trinajstić information content (AvgIpc) is 3.97. The smallest absolute Gasteiger partial charge is 0.410 e. The zero-order valence-electron chi connectivity index (χ0n) is 32.5. The van der Waals surface area contributed by atoms with Crippen LogP contribution in [-0.2, 0) is 20.9 Å². The first-order valence-corrected chi connectivity index (χ1v) is 19.2. The number of nitrogens with one attached hydrogen (secondary N) is 3. The lowest BCUT2D eigenvalue weighted by Gasteiger charge is -2.32. The second kappa shape index (κ2) is 13.9. The molecule has 0 radical (unpaired) electrons. The summed E-state index contributed by atoms with van der Waals surface area (Å²) in [5.74, 6) is 2.02. The van der Waals surface area contributed by atoms with E-state index in [1.54, 1.807) is 4.90 Å². The first kappa shape index (κ1) is 36.4. The molecule has 13 heteroatoms. The fraction of sp³-hybridized carbons (Fsp3) is 0.452. The molecule has 0 saturated carbocycles. The number of fused-ring (bicyclic) bond motifs is 6. The monoisotopic (exact) mass is 747 g/mol. The summed E-state index contributed by atoms with van der Waals surface area (Å²) < 4.78 is 16.9. The van der Waals surface area contributed by atoms with Gasteiger partial charge in [0, 0.05) is 23.5 Å². The Bertz CT molecular complexity index is 2300. The number of aromatic nitrogens is 4. The number of likely N-dealkylation sites (tertiary alicyclic amines) is 2. The normalized spacial score (nSPS) is 20.0. The highest BCUT2D eigenvalue weighted by Crippen LogP contribution is 2.44. The van der Waals surface area contributed by atoms with E-state index in [0.717, 1.165) is 92.8 Å². The van der Waals surface area contributed by atoms with Crippen molar-refractivity contribution < 1.29 is 28.6 Å². The SMILES string of the molecule is COC(=O)NC(C(=O)N1C(C)CCC1c1ncc(-c2ccc3c(c2)COc2cc4c(ccc5[nH]c(C6CCCN6C(=O)OC(C)(C)C)nc54)cc2-3)[nH]1)C(C)C. The molecule has 0 bridgehead atoms. The number of carbonyl (C=O) groups excluding carboxylic acids is 3. The van der Waals surface area contributed by atoms with E-state index < -0.39 is 17.7 Å². The molecule has 5 aromatic rings. The van der Waals surface area contributed by atoms with Crippen molar-refractivity contribution in [2.75, 3.05) is 13.7 Å². The summed E-state index contributed by atoms with van der Waals surface area (Å²) in [6, 6.07) is 13.6. The van der Waals surface area contributed by atoms with E-state index in [4.69, 9.17) is 24.2 Å². The summed E-state index contributed by atoms with van der Waals surface area (Å²) in [5, 5.41) is 4.76. The molecule has 2 aromatic heterocycles. The van der Waals surface area contributed by atoms with Crippen molar-refractivity contribution in [3.8, 4) is 28.1 Å². The second-order valence-electron chi connectivity index (χ2n) is 16.4. The van der Waals surface area contributed by atoms with Crippen LogP contribution < -0.4 is 10.1 Å². The molecule has 4 unspecified atom stereocenters.